The van der Waals surface area contributed by atoms with Gasteiger partial charge < -0.3 is 19.6 Å². The molecule has 1 aromatic heterocycles. The fourth-order valence-corrected chi connectivity index (χ4v) is 2.31. The molecule has 0 bridgehead atoms. The number of fused-ring (bicyclic) bond motifs is 1. The molecule has 1 heterocycles. The lowest BCUT2D eigenvalue weighted by Gasteiger charge is -2.05. The van der Waals surface area contributed by atoms with Crippen LogP contribution in [0.5, 0.6) is 0 Å². The van der Waals surface area contributed by atoms with Crippen LogP contribution in [-0.4, -0.2) is 31.5 Å². The van der Waals surface area contributed by atoms with E-state index in [9.17, 15) is 0 Å². The summed E-state index contributed by atoms with van der Waals surface area (Å²) >= 11 is 0. The smallest absolute Gasteiger partial charge is 0.134 e. The molecule has 2 aromatic rings. The number of ether oxygens (including phenoxy) is 1. The molecule has 110 valence electrons. The van der Waals surface area contributed by atoms with E-state index in [4.69, 9.17) is 14.3 Å². The van der Waals surface area contributed by atoms with Gasteiger partial charge in [0.1, 0.15) is 11.3 Å². The van der Waals surface area contributed by atoms with Gasteiger partial charge in [0.2, 0.25) is 0 Å². The average molecular weight is 277 g/mol. The van der Waals surface area contributed by atoms with Gasteiger partial charge in [-0.15, -0.1) is 0 Å². The van der Waals surface area contributed by atoms with E-state index in [0.29, 0.717) is 13.2 Å². The second-order valence-electron chi connectivity index (χ2n) is 4.72. The molecule has 0 aliphatic heterocycles. The topological polar surface area (TPSA) is 54.6 Å². The molecule has 0 spiro atoms. The van der Waals surface area contributed by atoms with E-state index in [2.05, 4.69) is 18.3 Å². The van der Waals surface area contributed by atoms with Crippen LogP contribution in [0.15, 0.2) is 28.7 Å². The molecule has 1 aromatic carbocycles. The van der Waals surface area contributed by atoms with Crippen LogP contribution in [0.4, 0.5) is 0 Å². The number of furan rings is 1. The highest BCUT2D eigenvalue weighted by molar-refractivity contribution is 5.82. The molecule has 0 unspecified atom stereocenters. The van der Waals surface area contributed by atoms with Gasteiger partial charge in [0, 0.05) is 30.5 Å². The normalized spacial score (nSPS) is 11.3. The molecule has 0 fully saturated rings. The Morgan fingerprint density at radius 3 is 2.90 bits per heavy atom. The van der Waals surface area contributed by atoms with E-state index < -0.39 is 0 Å². The Morgan fingerprint density at radius 2 is 2.10 bits per heavy atom. The molecule has 4 nitrogen and oxygen atoms in total. The van der Waals surface area contributed by atoms with E-state index >= 15 is 0 Å². The fourth-order valence-electron chi connectivity index (χ4n) is 2.31. The van der Waals surface area contributed by atoms with Crippen molar-refractivity contribution < 1.29 is 14.3 Å². The Kier molecular flexibility index (Phi) is 6.05. The Labute approximate surface area is 119 Å². The summed E-state index contributed by atoms with van der Waals surface area (Å²) in [4.78, 5) is 0. The van der Waals surface area contributed by atoms with E-state index in [1.54, 1.807) is 0 Å². The van der Waals surface area contributed by atoms with Crippen LogP contribution in [0, 0.1) is 0 Å². The third kappa shape index (κ3) is 3.82. The number of aliphatic hydroxyl groups excluding tert-OH is 1. The molecular weight excluding hydrogens is 254 g/mol. The van der Waals surface area contributed by atoms with Gasteiger partial charge in [0.05, 0.1) is 13.2 Å². The number of hydrogen-bond acceptors (Lipinski definition) is 4. The first kappa shape index (κ1) is 15.0. The highest BCUT2D eigenvalue weighted by atomic mass is 16.5. The van der Waals surface area contributed by atoms with Crippen LogP contribution in [0.2, 0.25) is 0 Å². The van der Waals surface area contributed by atoms with Crippen LogP contribution in [-0.2, 0) is 17.7 Å². The first-order chi connectivity index (χ1) is 9.86. The maximum Gasteiger partial charge on any atom is 0.134 e. The molecule has 20 heavy (non-hydrogen) atoms. The highest BCUT2D eigenvalue weighted by Gasteiger charge is 2.11. The minimum Gasteiger partial charge on any atom is -0.461 e. The standard InChI is InChI=1S/C16H23NO3/c1-2-15-14(12-17-8-5-10-19-11-9-18)13-6-3-4-7-16(13)20-15/h3-4,6-7,17-18H,2,5,8-12H2,1H3. The predicted molar refractivity (Wildman–Crippen MR) is 79.8 cm³/mol. The van der Waals surface area contributed by atoms with Crippen molar-refractivity contribution in [1.29, 1.82) is 0 Å². The molecule has 0 saturated heterocycles. The molecule has 2 N–H and O–H groups in total. The maximum absolute atomic E-state index is 8.60. The van der Waals surface area contributed by atoms with Crippen molar-refractivity contribution in [2.45, 2.75) is 26.3 Å². The van der Waals surface area contributed by atoms with Gasteiger partial charge in [-0.2, -0.15) is 0 Å². The Morgan fingerprint density at radius 1 is 1.25 bits per heavy atom. The largest absolute Gasteiger partial charge is 0.461 e. The van der Waals surface area contributed by atoms with Crippen LogP contribution in [0.25, 0.3) is 11.0 Å². The van der Waals surface area contributed by atoms with Crippen LogP contribution in [0.3, 0.4) is 0 Å². The van der Waals surface area contributed by atoms with E-state index in [-0.39, 0.29) is 6.61 Å². The number of aliphatic hydroxyl groups is 1. The Hall–Kier alpha value is -1.36. The molecule has 0 radical (unpaired) electrons. The molecule has 2 rings (SSSR count). The van der Waals surface area contributed by atoms with Gasteiger partial charge in [-0.05, 0) is 19.0 Å². The molecular formula is C16H23NO3. The fraction of sp³-hybridized carbons (Fsp3) is 0.500. The summed E-state index contributed by atoms with van der Waals surface area (Å²) < 4.78 is 11.1. The average Bonchev–Trinajstić information content (AvgIpc) is 2.84. The van der Waals surface area contributed by atoms with Crippen molar-refractivity contribution in [3.8, 4) is 0 Å². The second-order valence-corrected chi connectivity index (χ2v) is 4.72. The highest BCUT2D eigenvalue weighted by Crippen LogP contribution is 2.26. The van der Waals surface area contributed by atoms with Crippen molar-refractivity contribution >= 4 is 11.0 Å². The molecule has 4 heteroatoms. The minimum atomic E-state index is 0.0916. The van der Waals surface area contributed by atoms with E-state index in [0.717, 1.165) is 37.3 Å². The number of nitrogens with one attached hydrogen (secondary N) is 1. The van der Waals surface area contributed by atoms with Crippen molar-refractivity contribution in [1.82, 2.24) is 5.32 Å². The van der Waals surface area contributed by atoms with Crippen LogP contribution in [0.1, 0.15) is 24.7 Å². The summed E-state index contributed by atoms with van der Waals surface area (Å²) in [5.41, 5.74) is 2.23. The van der Waals surface area contributed by atoms with Crippen molar-refractivity contribution in [2.24, 2.45) is 0 Å². The summed E-state index contributed by atoms with van der Waals surface area (Å²) in [7, 11) is 0. The number of benzene rings is 1. The van der Waals surface area contributed by atoms with E-state index in [1.807, 2.05) is 18.2 Å². The summed E-state index contributed by atoms with van der Waals surface area (Å²) in [6, 6.07) is 8.17. The monoisotopic (exact) mass is 277 g/mol. The number of rotatable bonds is 9. The summed E-state index contributed by atoms with van der Waals surface area (Å²) in [5, 5.41) is 13.2. The lowest BCUT2D eigenvalue weighted by molar-refractivity contribution is 0.0907. The second kappa shape index (κ2) is 8.04. The lowest BCUT2D eigenvalue weighted by atomic mass is 10.1. The SMILES string of the molecule is CCc1oc2ccccc2c1CNCCCOCCO. The van der Waals surface area contributed by atoms with Crippen molar-refractivity contribution in [3.05, 3.63) is 35.6 Å². The van der Waals surface area contributed by atoms with Gasteiger partial charge in [-0.1, -0.05) is 25.1 Å². The zero-order valence-electron chi connectivity index (χ0n) is 12.0. The Bertz CT molecular complexity index is 521. The number of para-hydroxylation sites is 1. The quantitative estimate of drug-likeness (QED) is 0.691. The summed E-state index contributed by atoms with van der Waals surface area (Å²) in [5.74, 6) is 1.07. The van der Waals surface area contributed by atoms with Gasteiger partial charge in [-0.3, -0.25) is 0 Å². The molecule has 0 amide bonds. The van der Waals surface area contributed by atoms with Gasteiger partial charge in [-0.25, -0.2) is 0 Å². The van der Waals surface area contributed by atoms with Gasteiger partial charge in [0.25, 0.3) is 0 Å². The molecule has 0 saturated carbocycles. The minimum absolute atomic E-state index is 0.0916. The molecule has 0 aliphatic carbocycles. The third-order valence-electron chi connectivity index (χ3n) is 3.28. The number of hydrogen-bond donors (Lipinski definition) is 2. The number of aryl methyl sites for hydroxylation is 1. The van der Waals surface area contributed by atoms with Gasteiger partial charge >= 0.3 is 0 Å². The van der Waals surface area contributed by atoms with Crippen molar-refractivity contribution in [3.63, 3.8) is 0 Å². The maximum atomic E-state index is 8.60. The zero-order chi connectivity index (χ0) is 14.2. The van der Waals surface area contributed by atoms with Crippen molar-refractivity contribution in [2.75, 3.05) is 26.4 Å². The van der Waals surface area contributed by atoms with Gasteiger partial charge in [0.15, 0.2) is 0 Å². The van der Waals surface area contributed by atoms with E-state index in [1.165, 1.54) is 10.9 Å². The summed E-state index contributed by atoms with van der Waals surface area (Å²) in [6.45, 7) is 5.03. The summed E-state index contributed by atoms with van der Waals surface area (Å²) in [6.07, 6.45) is 1.85. The first-order valence-electron chi connectivity index (χ1n) is 7.25. The first-order valence-corrected chi connectivity index (χ1v) is 7.25. The van der Waals surface area contributed by atoms with Crippen LogP contribution < -0.4 is 5.32 Å². The molecule has 0 aliphatic rings. The zero-order valence-corrected chi connectivity index (χ0v) is 12.0. The molecule has 0 atom stereocenters. The third-order valence-corrected chi connectivity index (χ3v) is 3.28. The lowest BCUT2D eigenvalue weighted by Crippen LogP contribution is -2.17. The predicted octanol–water partition coefficient (Wildman–Crippen LogP) is 2.48. The Balaban J connectivity index is 1.86. The van der Waals surface area contributed by atoms with Crippen LogP contribution >= 0.6 is 0 Å².